The van der Waals surface area contributed by atoms with Gasteiger partial charge in [0.2, 0.25) is 0 Å². The zero-order valence-corrected chi connectivity index (χ0v) is 11.9. The Kier molecular flexibility index (Phi) is 13.1. The molecule has 0 saturated carbocycles. The van der Waals surface area contributed by atoms with E-state index in [4.69, 9.17) is 0 Å². The lowest BCUT2D eigenvalue weighted by molar-refractivity contribution is 0.450. The van der Waals surface area contributed by atoms with Gasteiger partial charge in [-0.25, -0.2) is 0 Å². The maximum absolute atomic E-state index is 2.53. The van der Waals surface area contributed by atoms with Crippen molar-refractivity contribution in [3.8, 4) is 0 Å². The molecule has 0 aromatic carbocycles. The molecule has 0 aliphatic carbocycles. The number of unbranched alkanes of at least 4 members (excludes halogenated alkanes) is 8. The monoisotopic (exact) mass is 225 g/mol. The van der Waals surface area contributed by atoms with E-state index in [1.165, 1.54) is 70.6 Å². The van der Waals surface area contributed by atoms with Crippen molar-refractivity contribution in [1.29, 1.82) is 0 Å². The van der Waals surface area contributed by atoms with Crippen molar-refractivity contribution in [2.75, 3.05) is 0 Å². The van der Waals surface area contributed by atoms with E-state index in [0.29, 0.717) is 0 Å². The second-order valence-corrected chi connectivity index (χ2v) is 5.10. The SMILES string of the molecule is CCCCCCCC[CH]CCC(CC)CC. The molecule has 0 amide bonds. The fourth-order valence-corrected chi connectivity index (χ4v) is 2.26. The lowest BCUT2D eigenvalue weighted by Gasteiger charge is -2.11. The molecule has 0 aromatic rings. The molecule has 0 bridgehead atoms. The average Bonchev–Trinajstić information content (AvgIpc) is 2.32. The second kappa shape index (κ2) is 13.1. The van der Waals surface area contributed by atoms with Gasteiger partial charge in [0.1, 0.15) is 0 Å². The van der Waals surface area contributed by atoms with Crippen LogP contribution in [0.25, 0.3) is 0 Å². The van der Waals surface area contributed by atoms with Gasteiger partial charge in [-0.15, -0.1) is 0 Å². The van der Waals surface area contributed by atoms with E-state index in [2.05, 4.69) is 27.2 Å². The second-order valence-electron chi connectivity index (χ2n) is 5.10. The van der Waals surface area contributed by atoms with Gasteiger partial charge in [0, 0.05) is 0 Å². The fraction of sp³-hybridized carbons (Fsp3) is 0.938. The Bertz CT molecular complexity index is 113. The van der Waals surface area contributed by atoms with Crippen molar-refractivity contribution >= 4 is 0 Å². The highest BCUT2D eigenvalue weighted by Gasteiger charge is 2.02. The molecule has 0 rings (SSSR count). The minimum absolute atomic E-state index is 0.973. The summed E-state index contributed by atoms with van der Waals surface area (Å²) in [5.41, 5.74) is 0. The van der Waals surface area contributed by atoms with E-state index < -0.39 is 0 Å². The van der Waals surface area contributed by atoms with E-state index >= 15 is 0 Å². The van der Waals surface area contributed by atoms with Crippen molar-refractivity contribution in [1.82, 2.24) is 0 Å². The van der Waals surface area contributed by atoms with Crippen LogP contribution in [-0.4, -0.2) is 0 Å². The van der Waals surface area contributed by atoms with Gasteiger partial charge in [-0.05, 0) is 18.8 Å². The third-order valence-corrected chi connectivity index (χ3v) is 3.70. The highest BCUT2D eigenvalue weighted by atomic mass is 14.1. The van der Waals surface area contributed by atoms with Gasteiger partial charge >= 0.3 is 0 Å². The van der Waals surface area contributed by atoms with Crippen molar-refractivity contribution < 1.29 is 0 Å². The minimum Gasteiger partial charge on any atom is -0.0654 e. The van der Waals surface area contributed by atoms with Crippen molar-refractivity contribution in [2.45, 2.75) is 91.4 Å². The summed E-state index contributed by atoms with van der Waals surface area (Å²) in [6, 6.07) is 0. The van der Waals surface area contributed by atoms with E-state index in [1.54, 1.807) is 0 Å². The summed E-state index contributed by atoms with van der Waals surface area (Å²) >= 11 is 0. The molecule has 97 valence electrons. The van der Waals surface area contributed by atoms with Crippen LogP contribution in [0.5, 0.6) is 0 Å². The standard InChI is InChI=1S/C16H33/c1-4-7-8-9-10-11-12-13-14-15-16(5-2)6-3/h13,16H,4-12,14-15H2,1-3H3. The van der Waals surface area contributed by atoms with E-state index in [-0.39, 0.29) is 0 Å². The molecule has 16 heavy (non-hydrogen) atoms. The summed E-state index contributed by atoms with van der Waals surface area (Å²) < 4.78 is 0. The highest BCUT2D eigenvalue weighted by molar-refractivity contribution is 4.67. The van der Waals surface area contributed by atoms with Crippen molar-refractivity contribution in [3.63, 3.8) is 0 Å². The van der Waals surface area contributed by atoms with Crippen LogP contribution in [0.4, 0.5) is 0 Å². The Morgan fingerprint density at radius 1 is 0.750 bits per heavy atom. The first-order valence-electron chi connectivity index (χ1n) is 7.66. The molecule has 0 unspecified atom stereocenters. The number of hydrogen-bond acceptors (Lipinski definition) is 0. The van der Waals surface area contributed by atoms with Gasteiger partial charge in [0.15, 0.2) is 0 Å². The van der Waals surface area contributed by atoms with Gasteiger partial charge in [-0.3, -0.25) is 0 Å². The molecule has 0 aliphatic rings. The van der Waals surface area contributed by atoms with Gasteiger partial charge in [-0.1, -0.05) is 85.0 Å². The van der Waals surface area contributed by atoms with Crippen molar-refractivity contribution in [3.05, 3.63) is 6.42 Å². The Balaban J connectivity index is 3.03. The Morgan fingerprint density at radius 2 is 1.38 bits per heavy atom. The van der Waals surface area contributed by atoms with Crippen LogP contribution in [0.15, 0.2) is 0 Å². The third kappa shape index (κ3) is 10.5. The molecular weight excluding hydrogens is 192 g/mol. The molecule has 0 saturated heterocycles. The summed E-state index contributed by atoms with van der Waals surface area (Å²) in [5, 5.41) is 0. The van der Waals surface area contributed by atoms with Crippen LogP contribution in [0.2, 0.25) is 0 Å². The lowest BCUT2D eigenvalue weighted by Crippen LogP contribution is -1.96. The molecule has 0 spiro atoms. The van der Waals surface area contributed by atoms with Crippen LogP contribution in [-0.2, 0) is 0 Å². The fourth-order valence-electron chi connectivity index (χ4n) is 2.26. The van der Waals surface area contributed by atoms with Gasteiger partial charge < -0.3 is 0 Å². The molecular formula is C16H33. The zero-order chi connectivity index (χ0) is 12.1. The van der Waals surface area contributed by atoms with Crippen LogP contribution in [0, 0.1) is 12.3 Å². The minimum atomic E-state index is 0.973. The first-order valence-corrected chi connectivity index (χ1v) is 7.66. The molecule has 0 heterocycles. The summed E-state index contributed by atoms with van der Waals surface area (Å²) in [6.45, 7) is 6.93. The average molecular weight is 225 g/mol. The summed E-state index contributed by atoms with van der Waals surface area (Å²) in [6.07, 6.45) is 17.9. The predicted molar refractivity (Wildman–Crippen MR) is 75.6 cm³/mol. The normalized spacial score (nSPS) is 11.2. The summed E-state index contributed by atoms with van der Waals surface area (Å²) in [5.74, 6) is 0.973. The van der Waals surface area contributed by atoms with Crippen LogP contribution in [0.3, 0.4) is 0 Å². The van der Waals surface area contributed by atoms with Crippen LogP contribution in [0.1, 0.15) is 91.4 Å². The molecule has 0 aliphatic heterocycles. The lowest BCUT2D eigenvalue weighted by atomic mass is 9.95. The van der Waals surface area contributed by atoms with E-state index in [0.717, 1.165) is 5.92 Å². The summed E-state index contributed by atoms with van der Waals surface area (Å²) in [4.78, 5) is 0. The molecule has 0 heteroatoms. The third-order valence-electron chi connectivity index (χ3n) is 3.70. The maximum atomic E-state index is 2.53. The molecule has 1 radical (unpaired) electrons. The first kappa shape index (κ1) is 16.0. The number of hydrogen-bond donors (Lipinski definition) is 0. The molecule has 0 aromatic heterocycles. The van der Waals surface area contributed by atoms with Crippen LogP contribution >= 0.6 is 0 Å². The van der Waals surface area contributed by atoms with Gasteiger partial charge in [0.05, 0.1) is 0 Å². The quantitative estimate of drug-likeness (QED) is 0.349. The summed E-state index contributed by atoms with van der Waals surface area (Å²) in [7, 11) is 0. The van der Waals surface area contributed by atoms with Gasteiger partial charge in [-0.2, -0.15) is 0 Å². The molecule has 0 nitrogen and oxygen atoms in total. The molecule has 0 atom stereocenters. The van der Waals surface area contributed by atoms with Crippen molar-refractivity contribution in [2.24, 2.45) is 5.92 Å². The Hall–Kier alpha value is 0. The topological polar surface area (TPSA) is 0 Å². The van der Waals surface area contributed by atoms with E-state index in [9.17, 15) is 0 Å². The largest absolute Gasteiger partial charge is 0.0654 e. The molecule has 0 fully saturated rings. The predicted octanol–water partition coefficient (Wildman–Crippen LogP) is 6.16. The number of rotatable bonds is 12. The Morgan fingerprint density at radius 3 is 2.00 bits per heavy atom. The molecule has 0 N–H and O–H groups in total. The first-order chi connectivity index (χ1) is 7.85. The van der Waals surface area contributed by atoms with Crippen LogP contribution < -0.4 is 0 Å². The van der Waals surface area contributed by atoms with Gasteiger partial charge in [0.25, 0.3) is 0 Å². The highest BCUT2D eigenvalue weighted by Crippen LogP contribution is 2.17. The Labute approximate surface area is 104 Å². The zero-order valence-electron chi connectivity index (χ0n) is 11.9. The maximum Gasteiger partial charge on any atom is -0.0386 e. The van der Waals surface area contributed by atoms with E-state index in [1.807, 2.05) is 0 Å². The smallest absolute Gasteiger partial charge is 0.0386 e.